The van der Waals surface area contributed by atoms with Gasteiger partial charge in [-0.2, -0.15) is 0 Å². The number of carbonyl (C=O) groups is 2. The molecule has 2 unspecified atom stereocenters. The van der Waals surface area contributed by atoms with Gasteiger partial charge in [0.2, 0.25) is 5.91 Å². The summed E-state index contributed by atoms with van der Waals surface area (Å²) in [5.74, 6) is -0.0683. The van der Waals surface area contributed by atoms with Gasteiger partial charge in [-0.15, -0.1) is 11.3 Å². The van der Waals surface area contributed by atoms with Crippen molar-refractivity contribution in [3.05, 3.63) is 15.8 Å². The average Bonchev–Trinajstić information content (AvgIpc) is 2.88. The Morgan fingerprint density at radius 3 is 2.75 bits per heavy atom. The summed E-state index contributed by atoms with van der Waals surface area (Å²) in [5.41, 5.74) is 2.02. The van der Waals surface area contributed by atoms with E-state index < -0.39 is 0 Å². The Hall–Kier alpha value is -1.40. The minimum atomic E-state index is -0.258. The average molecular weight is 353 g/mol. The van der Waals surface area contributed by atoms with Crippen molar-refractivity contribution < 1.29 is 14.3 Å². The van der Waals surface area contributed by atoms with Gasteiger partial charge in [-0.3, -0.25) is 9.59 Å². The van der Waals surface area contributed by atoms with Gasteiger partial charge < -0.3 is 15.4 Å². The number of hydrogen-bond donors (Lipinski definition) is 2. The van der Waals surface area contributed by atoms with E-state index in [1.165, 1.54) is 0 Å². The van der Waals surface area contributed by atoms with Crippen LogP contribution in [0.1, 0.15) is 43.6 Å². The molecule has 0 aliphatic carbocycles. The van der Waals surface area contributed by atoms with Crippen LogP contribution in [-0.2, 0) is 14.3 Å². The summed E-state index contributed by atoms with van der Waals surface area (Å²) >= 11 is 1.64. The lowest BCUT2D eigenvalue weighted by atomic mass is 9.80. The molecule has 1 aromatic rings. The van der Waals surface area contributed by atoms with Crippen molar-refractivity contribution in [2.45, 2.75) is 53.0 Å². The van der Waals surface area contributed by atoms with E-state index in [2.05, 4.69) is 16.0 Å². The van der Waals surface area contributed by atoms with Crippen molar-refractivity contribution in [3.63, 3.8) is 0 Å². The second kappa shape index (κ2) is 8.62. The largest absolute Gasteiger partial charge is 0.466 e. The van der Waals surface area contributed by atoms with Gasteiger partial charge in [0.25, 0.3) is 0 Å². The zero-order valence-corrected chi connectivity index (χ0v) is 15.8. The lowest BCUT2D eigenvalue weighted by molar-refractivity contribution is -0.151. The molecule has 0 bridgehead atoms. The van der Waals surface area contributed by atoms with E-state index in [9.17, 15) is 9.59 Å². The lowest BCUT2D eigenvalue weighted by Crippen LogP contribution is -2.48. The van der Waals surface area contributed by atoms with Gasteiger partial charge in [-0.05, 0) is 63.4 Å². The molecular formula is C18H28N2O3S. The Morgan fingerprint density at radius 1 is 1.42 bits per heavy atom. The van der Waals surface area contributed by atoms with Crippen LogP contribution in [0.15, 0.2) is 5.38 Å². The van der Waals surface area contributed by atoms with Crippen LogP contribution in [0.3, 0.4) is 0 Å². The zero-order chi connectivity index (χ0) is 17.7. The first-order valence-electron chi connectivity index (χ1n) is 8.73. The molecule has 1 amide bonds. The van der Waals surface area contributed by atoms with E-state index >= 15 is 0 Å². The smallest absolute Gasteiger partial charge is 0.309 e. The van der Waals surface area contributed by atoms with Crippen LogP contribution in [0.5, 0.6) is 0 Å². The second-order valence-electron chi connectivity index (χ2n) is 6.40. The van der Waals surface area contributed by atoms with Crippen LogP contribution in [0.25, 0.3) is 0 Å². The zero-order valence-electron chi connectivity index (χ0n) is 15.0. The number of amides is 1. The highest BCUT2D eigenvalue weighted by Gasteiger charge is 2.35. The molecule has 6 heteroatoms. The summed E-state index contributed by atoms with van der Waals surface area (Å²) in [6.45, 7) is 9.01. The fourth-order valence-corrected chi connectivity index (χ4v) is 4.22. The number of carbonyl (C=O) groups excluding carboxylic acids is 2. The third-order valence-electron chi connectivity index (χ3n) is 4.77. The van der Waals surface area contributed by atoms with Gasteiger partial charge in [0.15, 0.2) is 0 Å². The molecule has 2 rings (SSSR count). The first-order valence-corrected chi connectivity index (χ1v) is 9.61. The summed E-state index contributed by atoms with van der Waals surface area (Å²) in [6, 6.07) is -0.258. The molecule has 0 saturated carbocycles. The van der Waals surface area contributed by atoms with Gasteiger partial charge in [0, 0.05) is 4.88 Å². The molecular weight excluding hydrogens is 324 g/mol. The van der Waals surface area contributed by atoms with Crippen molar-refractivity contribution in [1.82, 2.24) is 5.32 Å². The van der Waals surface area contributed by atoms with Crippen molar-refractivity contribution in [2.24, 2.45) is 11.8 Å². The van der Waals surface area contributed by atoms with Gasteiger partial charge in [-0.1, -0.05) is 6.92 Å². The number of rotatable bonds is 6. The Labute approximate surface area is 148 Å². The number of thiophene rings is 1. The summed E-state index contributed by atoms with van der Waals surface area (Å²) < 4.78 is 5.20. The fourth-order valence-electron chi connectivity index (χ4n) is 3.42. The minimum absolute atomic E-state index is 0.0111. The van der Waals surface area contributed by atoms with E-state index in [1.54, 1.807) is 11.3 Å². The summed E-state index contributed by atoms with van der Waals surface area (Å²) in [4.78, 5) is 25.9. The Kier molecular flexibility index (Phi) is 6.80. The molecule has 0 aromatic carbocycles. The van der Waals surface area contributed by atoms with E-state index in [0.717, 1.165) is 35.5 Å². The van der Waals surface area contributed by atoms with Crippen LogP contribution in [-0.4, -0.2) is 31.1 Å². The maximum absolute atomic E-state index is 12.6. The number of ether oxygens (including phenoxy) is 1. The highest BCUT2D eigenvalue weighted by Crippen LogP contribution is 2.30. The van der Waals surface area contributed by atoms with Crippen LogP contribution >= 0.6 is 11.3 Å². The number of anilines is 1. The van der Waals surface area contributed by atoms with Crippen molar-refractivity contribution in [1.29, 1.82) is 0 Å². The maximum atomic E-state index is 12.6. The Morgan fingerprint density at radius 2 is 2.17 bits per heavy atom. The van der Waals surface area contributed by atoms with Gasteiger partial charge in [-0.25, -0.2) is 0 Å². The molecule has 2 N–H and O–H groups in total. The minimum Gasteiger partial charge on any atom is -0.466 e. The third-order valence-corrected chi connectivity index (χ3v) is 5.80. The topological polar surface area (TPSA) is 67.4 Å². The summed E-state index contributed by atoms with van der Waals surface area (Å²) in [5, 5.41) is 8.39. The number of nitrogens with one attached hydrogen (secondary N) is 2. The van der Waals surface area contributed by atoms with Crippen molar-refractivity contribution in [3.8, 4) is 0 Å². The van der Waals surface area contributed by atoms with Gasteiger partial charge in [0.1, 0.15) is 0 Å². The maximum Gasteiger partial charge on any atom is 0.309 e. The predicted octanol–water partition coefficient (Wildman–Crippen LogP) is 3.26. The van der Waals surface area contributed by atoms with Crippen molar-refractivity contribution in [2.75, 3.05) is 18.5 Å². The Bertz CT molecular complexity index is 565. The summed E-state index contributed by atoms with van der Waals surface area (Å²) in [6.07, 6.45) is 2.32. The number of aryl methyl sites for hydroxylation is 2. The molecule has 134 valence electrons. The predicted molar refractivity (Wildman–Crippen MR) is 97.4 cm³/mol. The number of hydrogen-bond acceptors (Lipinski definition) is 5. The Balaban J connectivity index is 2.01. The quantitative estimate of drug-likeness (QED) is 0.771. The third kappa shape index (κ3) is 4.36. The molecule has 1 aliphatic heterocycles. The van der Waals surface area contributed by atoms with E-state index in [0.29, 0.717) is 13.0 Å². The molecule has 3 atom stereocenters. The molecule has 5 nitrogen and oxygen atoms in total. The highest BCUT2D eigenvalue weighted by molar-refractivity contribution is 7.10. The number of esters is 1. The first kappa shape index (κ1) is 18.9. The molecule has 24 heavy (non-hydrogen) atoms. The van der Waals surface area contributed by atoms with Gasteiger partial charge >= 0.3 is 5.97 Å². The molecule has 0 spiro atoms. The standard InChI is InChI=1S/C18H28N2O3S/c1-5-14(18(22)23-6-2)13-7-8-19-15(9-13)17(21)20-16-11(3)10-24-12(16)4/h10,13-15,19H,5-9H2,1-4H3,(H,20,21)/t13?,14?,15-/m0/s1. The van der Waals surface area contributed by atoms with Crippen LogP contribution in [0.4, 0.5) is 5.69 Å². The van der Waals surface area contributed by atoms with Crippen LogP contribution < -0.4 is 10.6 Å². The fraction of sp³-hybridized carbons (Fsp3) is 0.667. The van der Waals surface area contributed by atoms with E-state index in [1.807, 2.05) is 27.7 Å². The van der Waals surface area contributed by atoms with Crippen molar-refractivity contribution >= 4 is 28.9 Å². The van der Waals surface area contributed by atoms with Gasteiger partial charge in [0.05, 0.1) is 24.3 Å². The number of piperidine rings is 1. The SMILES string of the molecule is CCOC(=O)C(CC)C1CCN[C@H](C(=O)Nc2c(C)csc2C)C1. The van der Waals surface area contributed by atoms with E-state index in [-0.39, 0.29) is 29.8 Å². The monoisotopic (exact) mass is 352 g/mol. The van der Waals surface area contributed by atoms with Crippen LogP contribution in [0.2, 0.25) is 0 Å². The van der Waals surface area contributed by atoms with E-state index in [4.69, 9.17) is 4.74 Å². The lowest BCUT2D eigenvalue weighted by Gasteiger charge is -2.33. The second-order valence-corrected chi connectivity index (χ2v) is 7.48. The van der Waals surface area contributed by atoms with Crippen LogP contribution in [0, 0.1) is 25.7 Å². The molecule has 2 heterocycles. The molecule has 1 aliphatic rings. The highest BCUT2D eigenvalue weighted by atomic mass is 32.1. The normalized spacial score (nSPS) is 22.0. The summed E-state index contributed by atoms with van der Waals surface area (Å²) in [7, 11) is 0. The molecule has 1 fully saturated rings. The molecule has 0 radical (unpaired) electrons. The molecule has 1 aromatic heterocycles. The first-order chi connectivity index (χ1) is 11.5. The molecule has 1 saturated heterocycles.